The lowest BCUT2D eigenvalue weighted by atomic mass is 9.96. The summed E-state index contributed by atoms with van der Waals surface area (Å²) in [6.45, 7) is 4.98. The zero-order chi connectivity index (χ0) is 18.9. The number of hydrogen-bond donors (Lipinski definition) is 0. The summed E-state index contributed by atoms with van der Waals surface area (Å²) in [5.74, 6) is 3.43. The number of aryl methyl sites for hydroxylation is 1. The number of likely N-dealkylation sites (tertiary alicyclic amines) is 1. The number of nitrogens with zero attached hydrogens (tertiary/aromatic N) is 4. The van der Waals surface area contributed by atoms with Crippen molar-refractivity contribution in [1.29, 1.82) is 0 Å². The first kappa shape index (κ1) is 17.2. The van der Waals surface area contributed by atoms with Gasteiger partial charge < -0.3 is 4.42 Å². The summed E-state index contributed by atoms with van der Waals surface area (Å²) in [5, 5.41) is 4.80. The molecule has 0 N–H and O–H groups in total. The first-order chi connectivity index (χ1) is 13.7. The van der Waals surface area contributed by atoms with Crippen LogP contribution in [0.2, 0.25) is 0 Å². The number of furan rings is 1. The lowest BCUT2D eigenvalue weighted by Crippen LogP contribution is -2.32. The Morgan fingerprint density at radius 2 is 1.79 bits per heavy atom. The molecule has 0 saturated carbocycles. The van der Waals surface area contributed by atoms with Crippen LogP contribution >= 0.6 is 0 Å². The van der Waals surface area contributed by atoms with Crippen LogP contribution in [-0.2, 0) is 6.54 Å². The molecule has 5 heteroatoms. The molecule has 5 rings (SSSR count). The van der Waals surface area contributed by atoms with Gasteiger partial charge in [-0.25, -0.2) is 9.50 Å². The van der Waals surface area contributed by atoms with Crippen molar-refractivity contribution in [3.63, 3.8) is 0 Å². The molecule has 1 fully saturated rings. The van der Waals surface area contributed by atoms with Crippen LogP contribution in [0.4, 0.5) is 0 Å². The minimum atomic E-state index is 0.426. The van der Waals surface area contributed by atoms with Gasteiger partial charge in [0.15, 0.2) is 11.5 Å². The van der Waals surface area contributed by atoms with Crippen molar-refractivity contribution in [1.82, 2.24) is 19.5 Å². The minimum Gasteiger partial charge on any atom is -0.465 e. The van der Waals surface area contributed by atoms with Crippen LogP contribution in [0, 0.1) is 6.92 Å². The van der Waals surface area contributed by atoms with Crippen molar-refractivity contribution in [2.24, 2.45) is 0 Å². The molecule has 0 spiro atoms. The van der Waals surface area contributed by atoms with Gasteiger partial charge in [0.2, 0.25) is 0 Å². The van der Waals surface area contributed by atoms with Gasteiger partial charge >= 0.3 is 0 Å². The van der Waals surface area contributed by atoms with Gasteiger partial charge in [0.05, 0.1) is 6.54 Å². The summed E-state index contributed by atoms with van der Waals surface area (Å²) in [4.78, 5) is 7.25. The molecule has 0 atom stereocenters. The fraction of sp³-hybridized carbons (Fsp3) is 0.304. The fourth-order valence-electron chi connectivity index (χ4n) is 4.01. The summed E-state index contributed by atoms with van der Waals surface area (Å²) in [6.07, 6.45) is 4.25. The predicted molar refractivity (Wildman–Crippen MR) is 109 cm³/mol. The second-order valence-corrected chi connectivity index (χ2v) is 7.62. The molecule has 4 heterocycles. The van der Waals surface area contributed by atoms with E-state index < -0.39 is 0 Å². The Bertz CT molecular complexity index is 1070. The molecule has 4 aromatic rings. The lowest BCUT2D eigenvalue weighted by Gasteiger charge is -2.29. The Hall–Kier alpha value is -2.92. The Morgan fingerprint density at radius 1 is 0.964 bits per heavy atom. The fourth-order valence-corrected chi connectivity index (χ4v) is 4.01. The van der Waals surface area contributed by atoms with E-state index in [4.69, 9.17) is 14.5 Å². The van der Waals surface area contributed by atoms with E-state index in [1.807, 2.05) is 23.6 Å². The molecule has 1 aliphatic rings. The average Bonchev–Trinajstić information content (AvgIpc) is 3.34. The van der Waals surface area contributed by atoms with Crippen LogP contribution in [-0.4, -0.2) is 32.6 Å². The zero-order valence-electron chi connectivity index (χ0n) is 16.1. The SMILES string of the molecule is Cc1ccc(CN2CCC(c3nc4ccc(-c5ccccc5)cn4n3)CC2)o1. The van der Waals surface area contributed by atoms with Crippen LogP contribution in [0.25, 0.3) is 16.8 Å². The molecule has 0 radical (unpaired) electrons. The topological polar surface area (TPSA) is 46.6 Å². The standard InChI is InChI=1S/C23H24N4O/c1-17-7-9-21(28-17)16-26-13-11-19(12-14-26)23-24-22-10-8-20(15-27(22)25-23)18-5-3-2-4-6-18/h2-10,15,19H,11-14,16H2,1H3. The predicted octanol–water partition coefficient (Wildman–Crippen LogP) is 4.68. The van der Waals surface area contributed by atoms with Crippen molar-refractivity contribution < 1.29 is 4.42 Å². The maximum atomic E-state index is 5.72. The van der Waals surface area contributed by atoms with Gasteiger partial charge in [-0.1, -0.05) is 30.3 Å². The Kier molecular flexibility index (Phi) is 4.45. The lowest BCUT2D eigenvalue weighted by molar-refractivity contribution is 0.187. The maximum Gasteiger partial charge on any atom is 0.155 e. The van der Waals surface area contributed by atoms with E-state index in [0.717, 1.165) is 61.0 Å². The highest BCUT2D eigenvalue weighted by Gasteiger charge is 2.24. The van der Waals surface area contributed by atoms with E-state index in [9.17, 15) is 0 Å². The van der Waals surface area contributed by atoms with Crippen LogP contribution < -0.4 is 0 Å². The quantitative estimate of drug-likeness (QED) is 0.522. The van der Waals surface area contributed by atoms with E-state index in [-0.39, 0.29) is 0 Å². The summed E-state index contributed by atoms with van der Waals surface area (Å²) in [6, 6.07) is 18.7. The van der Waals surface area contributed by atoms with Crippen LogP contribution in [0.3, 0.4) is 0 Å². The molecular formula is C23H24N4O. The first-order valence-electron chi connectivity index (χ1n) is 9.94. The number of benzene rings is 1. The normalized spacial score (nSPS) is 16.0. The Morgan fingerprint density at radius 3 is 2.54 bits per heavy atom. The number of aromatic nitrogens is 3. The summed E-state index contributed by atoms with van der Waals surface area (Å²) in [5.41, 5.74) is 3.28. The maximum absolute atomic E-state index is 5.72. The molecule has 0 bridgehead atoms. The molecule has 0 unspecified atom stereocenters. The van der Waals surface area contributed by atoms with Crippen LogP contribution in [0.5, 0.6) is 0 Å². The molecular weight excluding hydrogens is 348 g/mol. The molecule has 142 valence electrons. The highest BCUT2D eigenvalue weighted by molar-refractivity contribution is 5.64. The summed E-state index contributed by atoms with van der Waals surface area (Å²) in [7, 11) is 0. The van der Waals surface area contributed by atoms with Crippen LogP contribution in [0.15, 0.2) is 65.2 Å². The van der Waals surface area contributed by atoms with E-state index in [0.29, 0.717) is 5.92 Å². The molecule has 0 amide bonds. The van der Waals surface area contributed by atoms with Crippen molar-refractivity contribution in [2.75, 3.05) is 13.1 Å². The molecule has 1 aromatic carbocycles. The van der Waals surface area contributed by atoms with E-state index in [1.165, 1.54) is 5.56 Å². The molecule has 0 aliphatic carbocycles. The van der Waals surface area contributed by atoms with Gasteiger partial charge in [0.25, 0.3) is 0 Å². The smallest absolute Gasteiger partial charge is 0.155 e. The minimum absolute atomic E-state index is 0.426. The highest BCUT2D eigenvalue weighted by Crippen LogP contribution is 2.28. The van der Waals surface area contributed by atoms with Gasteiger partial charge in [-0.3, -0.25) is 4.90 Å². The van der Waals surface area contributed by atoms with Gasteiger partial charge in [-0.05, 0) is 62.7 Å². The van der Waals surface area contributed by atoms with Gasteiger partial charge in [-0.15, -0.1) is 0 Å². The zero-order valence-corrected chi connectivity index (χ0v) is 16.1. The van der Waals surface area contributed by atoms with Gasteiger partial charge in [0, 0.05) is 17.7 Å². The highest BCUT2D eigenvalue weighted by atomic mass is 16.3. The first-order valence-corrected chi connectivity index (χ1v) is 9.94. The molecule has 28 heavy (non-hydrogen) atoms. The molecule has 3 aromatic heterocycles. The number of piperidine rings is 1. The third-order valence-electron chi connectivity index (χ3n) is 5.58. The second kappa shape index (κ2) is 7.24. The van der Waals surface area contributed by atoms with E-state index in [1.54, 1.807) is 0 Å². The summed E-state index contributed by atoms with van der Waals surface area (Å²) < 4.78 is 7.64. The number of rotatable bonds is 4. The van der Waals surface area contributed by atoms with Gasteiger partial charge in [-0.2, -0.15) is 5.10 Å². The Labute approximate surface area is 164 Å². The Balaban J connectivity index is 1.29. The number of pyridine rings is 1. The van der Waals surface area contributed by atoms with Gasteiger partial charge in [0.1, 0.15) is 11.5 Å². The van der Waals surface area contributed by atoms with E-state index >= 15 is 0 Å². The van der Waals surface area contributed by atoms with Crippen molar-refractivity contribution in [3.8, 4) is 11.1 Å². The largest absolute Gasteiger partial charge is 0.465 e. The molecule has 1 saturated heterocycles. The van der Waals surface area contributed by atoms with Crippen molar-refractivity contribution in [2.45, 2.75) is 32.2 Å². The second-order valence-electron chi connectivity index (χ2n) is 7.62. The summed E-state index contributed by atoms with van der Waals surface area (Å²) >= 11 is 0. The molecule has 1 aliphatic heterocycles. The average molecular weight is 372 g/mol. The van der Waals surface area contributed by atoms with Crippen LogP contribution in [0.1, 0.15) is 36.1 Å². The monoisotopic (exact) mass is 372 g/mol. The molecule has 5 nitrogen and oxygen atoms in total. The third kappa shape index (κ3) is 3.45. The van der Waals surface area contributed by atoms with Crippen molar-refractivity contribution >= 4 is 5.65 Å². The van der Waals surface area contributed by atoms with E-state index in [2.05, 4.69) is 53.6 Å². The third-order valence-corrected chi connectivity index (χ3v) is 5.58. The van der Waals surface area contributed by atoms with Crippen molar-refractivity contribution in [3.05, 3.63) is 78.1 Å². The number of fused-ring (bicyclic) bond motifs is 1. The number of hydrogen-bond acceptors (Lipinski definition) is 4.